The van der Waals surface area contributed by atoms with E-state index in [0.717, 1.165) is 46.8 Å². The van der Waals surface area contributed by atoms with Crippen LogP contribution in [0.25, 0.3) is 0 Å². The number of amides is 1. The summed E-state index contributed by atoms with van der Waals surface area (Å²) in [5.41, 5.74) is -0.656. The number of nitrogens with one attached hydrogen (secondary N) is 1. The molecule has 5 nitrogen and oxygen atoms in total. The van der Waals surface area contributed by atoms with E-state index in [9.17, 15) is 18.0 Å². The molecule has 160 valence electrons. The fraction of sp³-hybridized carbons (Fsp3) is 0.600. The Labute approximate surface area is 180 Å². The molecule has 0 unspecified atom stereocenters. The number of carbonyl (C=O) groups excluding carboxylic acids is 1. The molecule has 0 aromatic carbocycles. The molecule has 0 aliphatic heterocycles. The van der Waals surface area contributed by atoms with Crippen LogP contribution in [-0.2, 0) is 16.4 Å². The Morgan fingerprint density at radius 3 is 2.37 bits per heavy atom. The first-order valence-corrected chi connectivity index (χ1v) is 11.9. The first kappa shape index (κ1) is 20.2. The summed E-state index contributed by atoms with van der Waals surface area (Å²) >= 11 is 2.56. The van der Waals surface area contributed by atoms with Gasteiger partial charge in [0.05, 0.1) is 16.3 Å². The average Bonchev–Trinajstić information content (AvgIpc) is 3.14. The summed E-state index contributed by atoms with van der Waals surface area (Å²) in [6, 6.07) is 2.24. The molecule has 2 aromatic heterocycles. The lowest BCUT2D eigenvalue weighted by atomic mass is 9.50. The minimum atomic E-state index is -4.42. The molecule has 0 radical (unpaired) electrons. The Bertz CT molecular complexity index is 909. The summed E-state index contributed by atoms with van der Waals surface area (Å²) in [7, 11) is 0. The maximum absolute atomic E-state index is 12.6. The minimum Gasteiger partial charge on any atom is -0.300 e. The Morgan fingerprint density at radius 2 is 1.80 bits per heavy atom. The summed E-state index contributed by atoms with van der Waals surface area (Å²) < 4.78 is 37.8. The van der Waals surface area contributed by atoms with Crippen molar-refractivity contribution in [1.29, 1.82) is 0 Å². The number of aromatic nitrogens is 3. The Balaban J connectivity index is 1.18. The van der Waals surface area contributed by atoms with Gasteiger partial charge in [0, 0.05) is 11.6 Å². The standard InChI is InChI=1S/C20H21F3N4OS2/c21-20(22,23)14-1-2-16(24-9-14)29-10-15(28)25-18-27-26-17(30-18)19-6-11-3-12(7-19)5-13(4-11)8-19/h1-2,9,11-13H,3-8,10H2,(H,25,27,28). The molecular formula is C20H21F3N4OS2. The van der Waals surface area contributed by atoms with Crippen molar-refractivity contribution in [2.75, 3.05) is 11.1 Å². The van der Waals surface area contributed by atoms with E-state index < -0.39 is 11.7 Å². The highest BCUT2D eigenvalue weighted by atomic mass is 32.2. The highest BCUT2D eigenvalue weighted by Crippen LogP contribution is 2.61. The van der Waals surface area contributed by atoms with Gasteiger partial charge in [-0.3, -0.25) is 10.1 Å². The van der Waals surface area contributed by atoms with Crippen molar-refractivity contribution in [3.8, 4) is 0 Å². The molecule has 30 heavy (non-hydrogen) atoms. The van der Waals surface area contributed by atoms with Crippen LogP contribution in [0.1, 0.15) is 49.1 Å². The smallest absolute Gasteiger partial charge is 0.300 e. The van der Waals surface area contributed by atoms with Gasteiger partial charge in [-0.15, -0.1) is 10.2 Å². The van der Waals surface area contributed by atoms with Crippen molar-refractivity contribution in [3.63, 3.8) is 0 Å². The van der Waals surface area contributed by atoms with Gasteiger partial charge >= 0.3 is 6.18 Å². The van der Waals surface area contributed by atoms with Crippen LogP contribution in [0, 0.1) is 17.8 Å². The van der Waals surface area contributed by atoms with Crippen LogP contribution in [0.2, 0.25) is 0 Å². The normalized spacial score (nSPS) is 29.9. The zero-order valence-electron chi connectivity index (χ0n) is 16.1. The minimum absolute atomic E-state index is 0.0463. The molecule has 0 atom stereocenters. The van der Waals surface area contributed by atoms with Gasteiger partial charge in [0.2, 0.25) is 11.0 Å². The molecule has 0 spiro atoms. The largest absolute Gasteiger partial charge is 0.417 e. The lowest BCUT2D eigenvalue weighted by Gasteiger charge is -2.55. The van der Waals surface area contributed by atoms with Gasteiger partial charge in [0.25, 0.3) is 0 Å². The Kier molecular flexibility index (Phi) is 5.04. The van der Waals surface area contributed by atoms with E-state index in [1.54, 1.807) is 0 Å². The van der Waals surface area contributed by atoms with E-state index in [4.69, 9.17) is 0 Å². The zero-order valence-corrected chi connectivity index (χ0v) is 17.7. The maximum atomic E-state index is 12.6. The predicted octanol–water partition coefficient (Wildman–Crippen LogP) is 5.15. The summed E-state index contributed by atoms with van der Waals surface area (Å²) in [4.78, 5) is 16.0. The van der Waals surface area contributed by atoms with Crippen LogP contribution in [-0.4, -0.2) is 26.8 Å². The molecule has 4 aliphatic rings. The number of thioether (sulfide) groups is 1. The number of hydrogen-bond donors (Lipinski definition) is 1. The molecule has 4 fully saturated rings. The molecular weight excluding hydrogens is 433 g/mol. The van der Waals surface area contributed by atoms with Crippen molar-refractivity contribution < 1.29 is 18.0 Å². The summed E-state index contributed by atoms with van der Waals surface area (Å²) in [6.07, 6.45) is 4.01. The van der Waals surface area contributed by atoms with Gasteiger partial charge in [0.1, 0.15) is 5.01 Å². The van der Waals surface area contributed by atoms with Crippen LogP contribution in [0.3, 0.4) is 0 Å². The third-order valence-corrected chi connectivity index (χ3v) is 8.61. The third-order valence-electron chi connectivity index (χ3n) is 6.58. The number of carbonyl (C=O) groups is 1. The molecule has 4 aliphatic carbocycles. The average molecular weight is 455 g/mol. The Hall–Kier alpha value is -1.68. The van der Waals surface area contributed by atoms with Crippen molar-refractivity contribution in [3.05, 3.63) is 28.9 Å². The summed E-state index contributed by atoms with van der Waals surface area (Å²) in [5, 5.41) is 13.3. The van der Waals surface area contributed by atoms with E-state index in [-0.39, 0.29) is 17.1 Å². The number of anilines is 1. The van der Waals surface area contributed by atoms with E-state index in [0.29, 0.717) is 10.2 Å². The highest BCUT2D eigenvalue weighted by molar-refractivity contribution is 7.99. The van der Waals surface area contributed by atoms with Gasteiger partial charge in [-0.2, -0.15) is 13.2 Å². The van der Waals surface area contributed by atoms with E-state index in [1.807, 2.05) is 0 Å². The fourth-order valence-electron chi connectivity index (χ4n) is 5.79. The Morgan fingerprint density at radius 1 is 1.13 bits per heavy atom. The molecule has 2 aromatic rings. The second-order valence-corrected chi connectivity index (χ2v) is 10.8. The van der Waals surface area contributed by atoms with Gasteiger partial charge in [-0.05, 0) is 68.4 Å². The third kappa shape index (κ3) is 3.95. The molecule has 0 saturated heterocycles. The van der Waals surface area contributed by atoms with Gasteiger partial charge in [0.15, 0.2) is 0 Å². The maximum Gasteiger partial charge on any atom is 0.417 e. The lowest BCUT2D eigenvalue weighted by molar-refractivity contribution is -0.137. The topological polar surface area (TPSA) is 67.8 Å². The molecule has 1 N–H and O–H groups in total. The SMILES string of the molecule is O=C(CSc1ccc(C(F)(F)F)cn1)Nc1nnc(C23CC4CC(CC(C4)C2)C3)s1. The van der Waals surface area contributed by atoms with Crippen molar-refractivity contribution in [2.24, 2.45) is 17.8 Å². The highest BCUT2D eigenvalue weighted by Gasteiger charge is 2.53. The van der Waals surface area contributed by atoms with Gasteiger partial charge < -0.3 is 0 Å². The molecule has 4 bridgehead atoms. The number of nitrogens with zero attached hydrogens (tertiary/aromatic N) is 3. The van der Waals surface area contributed by atoms with Crippen molar-refractivity contribution in [2.45, 2.75) is 55.1 Å². The molecule has 1 amide bonds. The van der Waals surface area contributed by atoms with E-state index >= 15 is 0 Å². The second kappa shape index (κ2) is 7.47. The summed E-state index contributed by atoms with van der Waals surface area (Å²) in [6.45, 7) is 0. The predicted molar refractivity (Wildman–Crippen MR) is 108 cm³/mol. The van der Waals surface area contributed by atoms with Crippen LogP contribution in [0.15, 0.2) is 23.4 Å². The molecule has 2 heterocycles. The van der Waals surface area contributed by atoms with Crippen LogP contribution >= 0.6 is 23.1 Å². The van der Waals surface area contributed by atoms with Crippen molar-refractivity contribution in [1.82, 2.24) is 15.2 Å². The van der Waals surface area contributed by atoms with Crippen LogP contribution in [0.4, 0.5) is 18.3 Å². The number of pyridine rings is 1. The fourth-order valence-corrected chi connectivity index (χ4v) is 7.41. The molecule has 6 rings (SSSR count). The van der Waals surface area contributed by atoms with Crippen LogP contribution < -0.4 is 5.32 Å². The number of rotatable bonds is 5. The first-order chi connectivity index (χ1) is 14.3. The van der Waals surface area contributed by atoms with Gasteiger partial charge in [-0.1, -0.05) is 23.1 Å². The van der Waals surface area contributed by atoms with E-state index in [2.05, 4.69) is 20.5 Å². The molecule has 10 heteroatoms. The number of halogens is 3. The van der Waals surface area contributed by atoms with E-state index in [1.165, 1.54) is 55.9 Å². The number of hydrogen-bond acceptors (Lipinski definition) is 6. The quantitative estimate of drug-likeness (QED) is 0.633. The van der Waals surface area contributed by atoms with Gasteiger partial charge in [-0.25, -0.2) is 4.98 Å². The number of alkyl halides is 3. The summed E-state index contributed by atoms with van der Waals surface area (Å²) in [5.74, 6) is 2.21. The van der Waals surface area contributed by atoms with Crippen molar-refractivity contribution >= 4 is 34.1 Å². The first-order valence-electron chi connectivity index (χ1n) is 10.1. The van der Waals surface area contributed by atoms with Crippen LogP contribution in [0.5, 0.6) is 0 Å². The zero-order chi connectivity index (χ0) is 20.9. The second-order valence-electron chi connectivity index (χ2n) is 8.83. The lowest BCUT2D eigenvalue weighted by Crippen LogP contribution is -2.48. The molecule has 4 saturated carbocycles. The monoisotopic (exact) mass is 454 g/mol.